The molecule has 0 aromatic heterocycles. The summed E-state index contributed by atoms with van der Waals surface area (Å²) < 4.78 is 38.6. The minimum Gasteiger partial charge on any atom is -0.410 e. The van der Waals surface area contributed by atoms with Gasteiger partial charge >= 0.3 is 0 Å². The van der Waals surface area contributed by atoms with Crippen LogP contribution in [0.1, 0.15) is 82.6 Å². The topological polar surface area (TPSA) is 92.8 Å². The highest BCUT2D eigenvalue weighted by Crippen LogP contribution is 2.45. The van der Waals surface area contributed by atoms with Gasteiger partial charge in [0.2, 0.25) is 11.8 Å². The van der Waals surface area contributed by atoms with Crippen molar-refractivity contribution in [3.63, 3.8) is 0 Å². The molecule has 0 radical (unpaired) electrons. The van der Waals surface area contributed by atoms with E-state index in [1.165, 1.54) is 11.8 Å². The van der Waals surface area contributed by atoms with Crippen LogP contribution in [-0.4, -0.2) is 88.6 Å². The number of carbonyl (C=O) groups is 2. The molecule has 3 aliphatic heterocycles. The minimum atomic E-state index is -2.35. The van der Waals surface area contributed by atoms with E-state index < -0.39 is 64.6 Å². The first-order valence-electron chi connectivity index (χ1n) is 15.1. The van der Waals surface area contributed by atoms with Crippen molar-refractivity contribution in [2.75, 3.05) is 13.2 Å². The minimum absolute atomic E-state index is 0.0854. The summed E-state index contributed by atoms with van der Waals surface area (Å²) in [7, 11) is -4.69. The van der Waals surface area contributed by atoms with Crippen LogP contribution in [0.3, 0.4) is 0 Å². The van der Waals surface area contributed by atoms with Gasteiger partial charge in [0.05, 0.1) is 37.4 Å². The van der Waals surface area contributed by atoms with Crippen LogP contribution in [0, 0.1) is 5.92 Å². The van der Waals surface area contributed by atoms with Gasteiger partial charge in [-0.05, 0) is 70.4 Å². The first-order valence-corrected chi connectivity index (χ1v) is 20.9. The smallest absolute Gasteiger partial charge is 0.235 e. The maximum absolute atomic E-state index is 14.3. The lowest BCUT2D eigenvalue weighted by atomic mass is 9.92. The predicted molar refractivity (Wildman–Crippen MR) is 163 cm³/mol. The number of amides is 2. The fourth-order valence-corrected chi connectivity index (χ4v) is 8.05. The number of hydrogen-bond donors (Lipinski definition) is 0. The number of likely N-dealkylation sites (tertiary alicyclic amines) is 1. The maximum Gasteiger partial charge on any atom is 0.235 e. The molecule has 0 aliphatic carbocycles. The van der Waals surface area contributed by atoms with Crippen LogP contribution in [0.15, 0.2) is 0 Å². The molecule has 238 valence electrons. The molecule has 11 heteroatoms. The third-order valence-corrected chi connectivity index (χ3v) is 18.7. The number of nitrogens with zero attached hydrogens (tertiary/aromatic N) is 1. The van der Waals surface area contributed by atoms with Crippen LogP contribution in [0.4, 0.5) is 0 Å². The standard InChI is InChI=1S/C30H57NO8Si2/c1-19(32)31-21(25(23-18-35-30(10,11)37-23)39-41(14,15)28(5,6)7)16-20(26(31)33)24(22-17-34-29(8,9)36-22)38-40(12,13)27(2,3)4/h20-25H,16-18H2,1-15H3/t20-,21+,22+,23+,24+,25-/m1/s1. The first kappa shape index (κ1) is 34.8. The molecule has 3 aliphatic rings. The Bertz CT molecular complexity index is 984. The second-order valence-electron chi connectivity index (χ2n) is 16.1. The van der Waals surface area contributed by atoms with Crippen LogP contribution in [0.5, 0.6) is 0 Å². The third kappa shape index (κ3) is 7.53. The molecule has 3 fully saturated rings. The second-order valence-corrected chi connectivity index (χ2v) is 25.6. The number of carbonyl (C=O) groups excluding carboxylic acids is 2. The average molecular weight is 616 g/mol. The molecule has 41 heavy (non-hydrogen) atoms. The largest absolute Gasteiger partial charge is 0.410 e. The summed E-state index contributed by atoms with van der Waals surface area (Å²) in [6, 6.07) is -0.525. The van der Waals surface area contributed by atoms with Crippen molar-refractivity contribution in [1.29, 1.82) is 0 Å². The highest BCUT2D eigenvalue weighted by molar-refractivity contribution is 6.74. The van der Waals surface area contributed by atoms with Crippen LogP contribution in [0.25, 0.3) is 0 Å². The molecule has 6 atom stereocenters. The van der Waals surface area contributed by atoms with Crippen molar-refractivity contribution in [3.05, 3.63) is 0 Å². The first-order chi connectivity index (χ1) is 18.3. The summed E-state index contributed by atoms with van der Waals surface area (Å²) in [5, 5.41) is -0.173. The van der Waals surface area contributed by atoms with E-state index in [0.29, 0.717) is 19.6 Å². The third-order valence-electron chi connectivity index (χ3n) is 9.76. The summed E-state index contributed by atoms with van der Waals surface area (Å²) in [5.74, 6) is -2.71. The normalized spacial score (nSPS) is 30.6. The predicted octanol–water partition coefficient (Wildman–Crippen LogP) is 5.83. The zero-order valence-electron chi connectivity index (χ0n) is 28.3. The lowest BCUT2D eigenvalue weighted by Crippen LogP contribution is -2.56. The molecule has 3 saturated heterocycles. The molecule has 0 N–H and O–H groups in total. The molecular weight excluding hydrogens is 559 g/mol. The number of imide groups is 1. The van der Waals surface area contributed by atoms with Crippen molar-refractivity contribution in [2.24, 2.45) is 5.92 Å². The Balaban J connectivity index is 2.06. The molecule has 3 rings (SSSR count). The quantitative estimate of drug-likeness (QED) is 0.315. The van der Waals surface area contributed by atoms with Crippen LogP contribution in [0.2, 0.25) is 36.3 Å². The molecule has 9 nitrogen and oxygen atoms in total. The average Bonchev–Trinajstić information content (AvgIpc) is 3.42. The Kier molecular flexibility index (Phi) is 9.65. The molecule has 0 spiro atoms. The van der Waals surface area contributed by atoms with E-state index in [-0.39, 0.29) is 21.9 Å². The Morgan fingerprint density at radius 1 is 0.829 bits per heavy atom. The molecule has 0 aromatic rings. The lowest BCUT2D eigenvalue weighted by Gasteiger charge is -2.43. The van der Waals surface area contributed by atoms with E-state index in [1.54, 1.807) is 0 Å². The zero-order valence-corrected chi connectivity index (χ0v) is 30.3. The zero-order chi connectivity index (χ0) is 31.6. The number of ether oxygens (including phenoxy) is 4. The Morgan fingerprint density at radius 3 is 1.56 bits per heavy atom. The summed E-state index contributed by atoms with van der Waals surface area (Å²) in [4.78, 5) is 28.9. The van der Waals surface area contributed by atoms with E-state index in [9.17, 15) is 9.59 Å². The summed E-state index contributed by atoms with van der Waals surface area (Å²) in [6.07, 6.45) is -1.59. The van der Waals surface area contributed by atoms with Gasteiger partial charge in [0.25, 0.3) is 0 Å². The molecular formula is C30H57NO8Si2. The van der Waals surface area contributed by atoms with Gasteiger partial charge in [-0.2, -0.15) is 0 Å². The summed E-state index contributed by atoms with van der Waals surface area (Å²) in [6.45, 7) is 31.4. The molecule has 0 unspecified atom stereocenters. The fraction of sp³-hybridized carbons (Fsp3) is 0.933. The summed E-state index contributed by atoms with van der Waals surface area (Å²) >= 11 is 0. The lowest BCUT2D eigenvalue weighted by molar-refractivity contribution is -0.161. The van der Waals surface area contributed by atoms with Gasteiger partial charge in [0, 0.05) is 6.92 Å². The Hall–Kier alpha value is -0.666. The van der Waals surface area contributed by atoms with Crippen molar-refractivity contribution in [1.82, 2.24) is 4.90 Å². The molecule has 3 heterocycles. The highest BCUT2D eigenvalue weighted by Gasteiger charge is 2.58. The van der Waals surface area contributed by atoms with Crippen molar-refractivity contribution in [2.45, 2.75) is 161 Å². The Labute approximate surface area is 250 Å². The van der Waals surface area contributed by atoms with Gasteiger partial charge in [-0.1, -0.05) is 41.5 Å². The van der Waals surface area contributed by atoms with E-state index in [1.807, 2.05) is 27.7 Å². The van der Waals surface area contributed by atoms with E-state index >= 15 is 0 Å². The second kappa shape index (κ2) is 11.4. The molecule has 0 aromatic carbocycles. The summed E-state index contributed by atoms with van der Waals surface area (Å²) in [5.41, 5.74) is 0. The van der Waals surface area contributed by atoms with Gasteiger partial charge < -0.3 is 27.8 Å². The molecule has 0 saturated carbocycles. The fourth-order valence-electron chi connectivity index (χ4n) is 5.36. The van der Waals surface area contributed by atoms with Crippen molar-refractivity contribution >= 4 is 28.4 Å². The highest BCUT2D eigenvalue weighted by atomic mass is 28.4. The maximum atomic E-state index is 14.3. The van der Waals surface area contributed by atoms with E-state index in [0.717, 1.165) is 0 Å². The molecule has 2 amide bonds. The van der Waals surface area contributed by atoms with E-state index in [2.05, 4.69) is 67.7 Å². The van der Waals surface area contributed by atoms with Crippen LogP contribution >= 0.6 is 0 Å². The van der Waals surface area contributed by atoms with Crippen molar-refractivity contribution < 1.29 is 37.4 Å². The van der Waals surface area contributed by atoms with Gasteiger partial charge in [-0.25, -0.2) is 0 Å². The number of hydrogen-bond acceptors (Lipinski definition) is 8. The van der Waals surface area contributed by atoms with Gasteiger partial charge in [-0.15, -0.1) is 0 Å². The van der Waals surface area contributed by atoms with Crippen molar-refractivity contribution in [3.8, 4) is 0 Å². The van der Waals surface area contributed by atoms with Gasteiger partial charge in [0.15, 0.2) is 28.2 Å². The SMILES string of the molecule is CC(=O)N1C(=O)[C@@H]([C@H](O[Si](C)(C)C(C)(C)C)[C@@H]2COC(C)(C)O2)C[C@H]1[C@@H](O[Si](C)(C)C(C)(C)C)[C@@H]1COC(C)(C)O1. The van der Waals surface area contributed by atoms with Gasteiger partial charge in [-0.3, -0.25) is 14.5 Å². The number of rotatable bonds is 8. The van der Waals surface area contributed by atoms with Gasteiger partial charge in [0.1, 0.15) is 12.2 Å². The van der Waals surface area contributed by atoms with E-state index in [4.69, 9.17) is 27.8 Å². The van der Waals surface area contributed by atoms with Crippen LogP contribution in [-0.2, 0) is 37.4 Å². The monoisotopic (exact) mass is 615 g/mol. The molecule has 0 bridgehead atoms. The Morgan fingerprint density at radius 2 is 1.22 bits per heavy atom. The van der Waals surface area contributed by atoms with Crippen LogP contribution < -0.4 is 0 Å².